The van der Waals surface area contributed by atoms with Crippen molar-refractivity contribution in [3.8, 4) is 5.75 Å². The standard InChI is InChI=1S/C20H16Br2N2O4/c1-2-9-28-17-8-3-12(11-16(17)22)10-15-18(25)23-20(27)24(19(15)26)14-6-4-13(21)5-7-14/h3-8,10-11H,2,9H2,1H3,(H,23,25,27)/b15-10+. The van der Waals surface area contributed by atoms with Crippen LogP contribution in [0.1, 0.15) is 18.9 Å². The van der Waals surface area contributed by atoms with Crippen molar-refractivity contribution in [2.24, 2.45) is 0 Å². The van der Waals surface area contributed by atoms with Gasteiger partial charge >= 0.3 is 6.03 Å². The SMILES string of the molecule is CCCOc1ccc(/C=C2\C(=O)NC(=O)N(c3ccc(Br)cc3)C2=O)cc1Br. The van der Waals surface area contributed by atoms with Gasteiger partial charge in [-0.15, -0.1) is 0 Å². The molecule has 1 fully saturated rings. The van der Waals surface area contributed by atoms with Crippen LogP contribution in [0.3, 0.4) is 0 Å². The zero-order valence-corrected chi connectivity index (χ0v) is 18.0. The van der Waals surface area contributed by atoms with E-state index in [1.54, 1.807) is 42.5 Å². The largest absolute Gasteiger partial charge is 0.492 e. The van der Waals surface area contributed by atoms with Crippen molar-refractivity contribution in [3.05, 3.63) is 62.5 Å². The summed E-state index contributed by atoms with van der Waals surface area (Å²) in [5, 5.41) is 2.21. The lowest BCUT2D eigenvalue weighted by molar-refractivity contribution is -0.122. The van der Waals surface area contributed by atoms with E-state index >= 15 is 0 Å². The van der Waals surface area contributed by atoms with Crippen molar-refractivity contribution >= 4 is 61.5 Å². The maximum Gasteiger partial charge on any atom is 0.335 e. The Morgan fingerprint density at radius 1 is 1.07 bits per heavy atom. The van der Waals surface area contributed by atoms with Crippen LogP contribution in [0.15, 0.2) is 57.0 Å². The molecule has 0 bridgehead atoms. The molecule has 6 nitrogen and oxygen atoms in total. The average Bonchev–Trinajstić information content (AvgIpc) is 2.66. The molecule has 0 spiro atoms. The smallest absolute Gasteiger partial charge is 0.335 e. The summed E-state index contributed by atoms with van der Waals surface area (Å²) >= 11 is 6.74. The quantitative estimate of drug-likeness (QED) is 0.471. The highest BCUT2D eigenvalue weighted by molar-refractivity contribution is 9.10. The van der Waals surface area contributed by atoms with Crippen LogP contribution in [0.2, 0.25) is 0 Å². The molecule has 8 heteroatoms. The molecule has 0 aliphatic carbocycles. The first kappa shape index (κ1) is 20.3. The van der Waals surface area contributed by atoms with Crippen molar-refractivity contribution in [3.63, 3.8) is 0 Å². The molecule has 0 aromatic heterocycles. The molecule has 1 aliphatic heterocycles. The number of carbonyl (C=O) groups is 3. The van der Waals surface area contributed by atoms with Gasteiger partial charge in [-0.2, -0.15) is 0 Å². The molecule has 1 saturated heterocycles. The van der Waals surface area contributed by atoms with Crippen molar-refractivity contribution < 1.29 is 19.1 Å². The second-order valence-electron chi connectivity index (χ2n) is 5.97. The number of imide groups is 2. The number of rotatable bonds is 5. The Morgan fingerprint density at radius 3 is 2.43 bits per heavy atom. The van der Waals surface area contributed by atoms with Gasteiger partial charge in [-0.1, -0.05) is 28.9 Å². The summed E-state index contributed by atoms with van der Waals surface area (Å²) in [5.74, 6) is -0.737. The maximum absolute atomic E-state index is 12.9. The molecule has 0 saturated carbocycles. The summed E-state index contributed by atoms with van der Waals surface area (Å²) in [4.78, 5) is 38.3. The van der Waals surface area contributed by atoms with Gasteiger partial charge < -0.3 is 4.74 Å². The minimum atomic E-state index is -0.779. The molecule has 1 N–H and O–H groups in total. The van der Waals surface area contributed by atoms with Crippen molar-refractivity contribution in [1.82, 2.24) is 5.32 Å². The summed E-state index contributed by atoms with van der Waals surface area (Å²) in [7, 11) is 0. The lowest BCUT2D eigenvalue weighted by Gasteiger charge is -2.26. The normalized spacial score (nSPS) is 15.8. The topological polar surface area (TPSA) is 75.7 Å². The van der Waals surface area contributed by atoms with Gasteiger partial charge in [-0.3, -0.25) is 14.9 Å². The molecule has 3 rings (SSSR count). The molecule has 4 amide bonds. The third kappa shape index (κ3) is 4.34. The van der Waals surface area contributed by atoms with Crippen LogP contribution < -0.4 is 15.0 Å². The van der Waals surface area contributed by atoms with E-state index < -0.39 is 17.8 Å². The fourth-order valence-corrected chi connectivity index (χ4v) is 3.36. The Bertz CT molecular complexity index is 971. The van der Waals surface area contributed by atoms with Crippen molar-refractivity contribution in [2.45, 2.75) is 13.3 Å². The fraction of sp³-hybridized carbons (Fsp3) is 0.150. The van der Waals surface area contributed by atoms with Gasteiger partial charge in [0.15, 0.2) is 0 Å². The Kier molecular flexibility index (Phi) is 6.31. The van der Waals surface area contributed by atoms with Gasteiger partial charge in [0.05, 0.1) is 16.8 Å². The van der Waals surface area contributed by atoms with E-state index in [1.165, 1.54) is 6.08 Å². The third-order valence-electron chi connectivity index (χ3n) is 3.92. The Morgan fingerprint density at radius 2 is 1.79 bits per heavy atom. The minimum absolute atomic E-state index is 0.128. The first-order valence-corrected chi connectivity index (χ1v) is 10.1. The average molecular weight is 508 g/mol. The minimum Gasteiger partial charge on any atom is -0.492 e. The van der Waals surface area contributed by atoms with E-state index in [-0.39, 0.29) is 5.57 Å². The molecule has 0 radical (unpaired) electrons. The molecule has 0 atom stereocenters. The Hall–Kier alpha value is -2.45. The molecule has 28 heavy (non-hydrogen) atoms. The number of nitrogens with zero attached hydrogens (tertiary/aromatic N) is 1. The Labute approximate surface area is 178 Å². The van der Waals surface area contributed by atoms with Gasteiger partial charge in [-0.25, -0.2) is 9.69 Å². The highest BCUT2D eigenvalue weighted by Gasteiger charge is 2.36. The van der Waals surface area contributed by atoms with E-state index in [2.05, 4.69) is 37.2 Å². The number of carbonyl (C=O) groups excluding carboxylic acids is 3. The number of halogens is 2. The molecule has 0 unspecified atom stereocenters. The summed E-state index contributed by atoms with van der Waals surface area (Å²) < 4.78 is 7.12. The van der Waals surface area contributed by atoms with E-state index in [9.17, 15) is 14.4 Å². The van der Waals surface area contributed by atoms with Gasteiger partial charge in [0, 0.05) is 4.47 Å². The molecular weight excluding hydrogens is 492 g/mol. The number of hydrogen-bond acceptors (Lipinski definition) is 4. The number of benzene rings is 2. The van der Waals surface area contributed by atoms with Crippen LogP contribution in [0.25, 0.3) is 6.08 Å². The van der Waals surface area contributed by atoms with E-state index in [1.807, 2.05) is 6.92 Å². The number of hydrogen-bond donors (Lipinski definition) is 1. The molecule has 144 valence electrons. The van der Waals surface area contributed by atoms with Gasteiger partial charge in [-0.05, 0) is 70.4 Å². The molecule has 1 heterocycles. The molecule has 1 aliphatic rings. The van der Waals surface area contributed by atoms with Gasteiger partial charge in [0.2, 0.25) is 0 Å². The highest BCUT2D eigenvalue weighted by Crippen LogP contribution is 2.28. The van der Waals surface area contributed by atoms with Crippen molar-refractivity contribution in [1.29, 1.82) is 0 Å². The lowest BCUT2D eigenvalue weighted by atomic mass is 10.1. The summed E-state index contributed by atoms with van der Waals surface area (Å²) in [6, 6.07) is 11.1. The predicted octanol–water partition coefficient (Wildman–Crippen LogP) is 4.67. The number of nitrogens with one attached hydrogen (secondary N) is 1. The zero-order valence-electron chi connectivity index (χ0n) is 14.9. The second-order valence-corrected chi connectivity index (χ2v) is 7.74. The van der Waals surface area contributed by atoms with Crippen molar-refractivity contribution in [2.75, 3.05) is 11.5 Å². The second kappa shape index (κ2) is 8.70. The number of barbiturate groups is 1. The maximum atomic E-state index is 12.9. The molecule has 2 aromatic rings. The fourth-order valence-electron chi connectivity index (χ4n) is 2.58. The van der Waals surface area contributed by atoms with E-state index in [0.29, 0.717) is 28.1 Å². The monoisotopic (exact) mass is 506 g/mol. The highest BCUT2D eigenvalue weighted by atomic mass is 79.9. The van der Waals surface area contributed by atoms with Gasteiger partial charge in [0.25, 0.3) is 11.8 Å². The lowest BCUT2D eigenvalue weighted by Crippen LogP contribution is -2.54. The summed E-state index contributed by atoms with van der Waals surface area (Å²) in [6.45, 7) is 2.60. The zero-order chi connectivity index (χ0) is 20.3. The molecule has 2 aromatic carbocycles. The van der Waals surface area contributed by atoms with Crippen LogP contribution in [0.4, 0.5) is 10.5 Å². The van der Waals surface area contributed by atoms with Gasteiger partial charge in [0.1, 0.15) is 11.3 Å². The first-order chi connectivity index (χ1) is 13.4. The third-order valence-corrected chi connectivity index (χ3v) is 5.06. The van der Waals surface area contributed by atoms with E-state index in [0.717, 1.165) is 15.8 Å². The predicted molar refractivity (Wildman–Crippen MR) is 113 cm³/mol. The Balaban J connectivity index is 1.92. The number of ether oxygens (including phenoxy) is 1. The van der Waals surface area contributed by atoms with Crippen LogP contribution in [0.5, 0.6) is 5.75 Å². The van der Waals surface area contributed by atoms with Crippen LogP contribution >= 0.6 is 31.9 Å². The number of urea groups is 1. The summed E-state index contributed by atoms with van der Waals surface area (Å²) in [5.41, 5.74) is 0.865. The number of amides is 4. The van der Waals surface area contributed by atoms with Crippen LogP contribution in [0, 0.1) is 0 Å². The molecular formula is C20H16Br2N2O4. The van der Waals surface area contributed by atoms with E-state index in [4.69, 9.17) is 4.74 Å². The first-order valence-electron chi connectivity index (χ1n) is 8.50. The van der Waals surface area contributed by atoms with Crippen LogP contribution in [-0.2, 0) is 9.59 Å². The number of anilines is 1. The van der Waals surface area contributed by atoms with Crippen LogP contribution in [-0.4, -0.2) is 24.5 Å². The summed E-state index contributed by atoms with van der Waals surface area (Å²) in [6.07, 6.45) is 2.33.